The number of carbonyl (C=O) groups excluding carboxylic acids is 1. The van der Waals surface area contributed by atoms with Crippen LogP contribution in [0.15, 0.2) is 36.9 Å². The summed E-state index contributed by atoms with van der Waals surface area (Å²) in [5, 5.41) is 7.64. The van der Waals surface area contributed by atoms with E-state index < -0.39 is 0 Å². The van der Waals surface area contributed by atoms with Crippen LogP contribution in [0.1, 0.15) is 24.0 Å². The number of methoxy groups -OCH3 is 1. The Morgan fingerprint density at radius 1 is 1.14 bits per heavy atom. The second-order valence-corrected chi connectivity index (χ2v) is 6.48. The van der Waals surface area contributed by atoms with Crippen LogP contribution in [-0.4, -0.2) is 35.0 Å². The number of aromatic nitrogens is 3. The molecule has 1 aliphatic carbocycles. The minimum atomic E-state index is 0.0175. The summed E-state index contributed by atoms with van der Waals surface area (Å²) in [6, 6.07) is 3.64. The molecule has 28 heavy (non-hydrogen) atoms. The van der Waals surface area contributed by atoms with Gasteiger partial charge in [-0.15, -0.1) is 0 Å². The van der Waals surface area contributed by atoms with Gasteiger partial charge in [0.25, 0.3) is 0 Å². The summed E-state index contributed by atoms with van der Waals surface area (Å²) in [6.07, 6.45) is 8.59. The van der Waals surface area contributed by atoms with Crippen LogP contribution in [0.4, 0.5) is 11.6 Å². The molecule has 140 valence electrons. The minimum absolute atomic E-state index is 0.0175. The van der Waals surface area contributed by atoms with Crippen LogP contribution < -0.4 is 15.4 Å². The van der Waals surface area contributed by atoms with E-state index >= 15 is 0 Å². The number of fused-ring (bicyclic) bond motifs is 1. The third-order valence-corrected chi connectivity index (χ3v) is 4.54. The van der Waals surface area contributed by atoms with Gasteiger partial charge in [0.15, 0.2) is 5.75 Å². The Morgan fingerprint density at radius 2 is 1.96 bits per heavy atom. The highest BCUT2D eigenvalue weighted by Gasteiger charge is 2.29. The zero-order chi connectivity index (χ0) is 19.5. The summed E-state index contributed by atoms with van der Waals surface area (Å²) in [5.74, 6) is 8.23. The smallest absolute Gasteiger partial charge is 0.228 e. The summed E-state index contributed by atoms with van der Waals surface area (Å²) < 4.78 is 5.30. The van der Waals surface area contributed by atoms with Gasteiger partial charge in [-0.3, -0.25) is 9.78 Å². The maximum Gasteiger partial charge on any atom is 0.228 e. The monoisotopic (exact) mass is 373 g/mol. The first-order chi connectivity index (χ1) is 13.7. The maximum absolute atomic E-state index is 12.1. The SMILES string of the molecule is CNc1ncc(C#Cc2ccncc2OC)c2cc(NC(=O)C3CC3)ncc12. The first kappa shape index (κ1) is 17.7. The van der Waals surface area contributed by atoms with Crippen molar-refractivity contribution in [3.05, 3.63) is 48.0 Å². The van der Waals surface area contributed by atoms with Crippen molar-refractivity contribution in [2.45, 2.75) is 12.8 Å². The Balaban J connectivity index is 1.77. The molecule has 3 aromatic heterocycles. The topological polar surface area (TPSA) is 89.0 Å². The van der Waals surface area contributed by atoms with Gasteiger partial charge >= 0.3 is 0 Å². The standard InChI is InChI=1S/C21H19N5O2/c1-22-20-17-11-24-19(26-21(27)14-4-5-14)9-16(17)15(10-25-20)6-3-13-7-8-23-12-18(13)28-2/h7-12,14H,4-5H2,1-2H3,(H,22,25)(H,24,26,27). The lowest BCUT2D eigenvalue weighted by Crippen LogP contribution is -2.14. The molecule has 0 atom stereocenters. The number of carbonyl (C=O) groups is 1. The molecule has 0 aliphatic heterocycles. The molecule has 1 fully saturated rings. The molecule has 0 bridgehead atoms. The van der Waals surface area contributed by atoms with E-state index in [1.807, 2.05) is 6.07 Å². The summed E-state index contributed by atoms with van der Waals surface area (Å²) in [5.41, 5.74) is 1.47. The Labute approximate surface area is 162 Å². The molecule has 3 aromatic rings. The van der Waals surface area contributed by atoms with Crippen molar-refractivity contribution < 1.29 is 9.53 Å². The molecular weight excluding hydrogens is 354 g/mol. The van der Waals surface area contributed by atoms with E-state index in [1.54, 1.807) is 45.0 Å². The van der Waals surface area contributed by atoms with E-state index in [9.17, 15) is 4.79 Å². The van der Waals surface area contributed by atoms with E-state index in [0.29, 0.717) is 17.4 Å². The molecule has 0 unspecified atom stereocenters. The molecule has 0 spiro atoms. The van der Waals surface area contributed by atoms with Gasteiger partial charge in [-0.2, -0.15) is 0 Å². The fourth-order valence-electron chi connectivity index (χ4n) is 2.86. The highest BCUT2D eigenvalue weighted by molar-refractivity contribution is 5.99. The van der Waals surface area contributed by atoms with Gasteiger partial charge in [-0.25, -0.2) is 9.97 Å². The second kappa shape index (κ2) is 7.53. The summed E-state index contributed by atoms with van der Waals surface area (Å²) >= 11 is 0. The van der Waals surface area contributed by atoms with E-state index in [0.717, 1.165) is 34.7 Å². The van der Waals surface area contributed by atoms with E-state index in [2.05, 4.69) is 37.4 Å². The molecule has 1 saturated carbocycles. The van der Waals surface area contributed by atoms with Gasteiger partial charge in [0.1, 0.15) is 11.6 Å². The molecule has 1 amide bonds. The highest BCUT2D eigenvalue weighted by atomic mass is 16.5. The lowest BCUT2D eigenvalue weighted by atomic mass is 10.1. The largest absolute Gasteiger partial charge is 0.494 e. The number of rotatable bonds is 4. The number of nitrogens with one attached hydrogen (secondary N) is 2. The third-order valence-electron chi connectivity index (χ3n) is 4.54. The number of anilines is 2. The molecule has 4 rings (SSSR count). The molecule has 7 nitrogen and oxygen atoms in total. The van der Waals surface area contributed by atoms with Crippen molar-refractivity contribution in [1.82, 2.24) is 15.0 Å². The third kappa shape index (κ3) is 3.58. The predicted octanol–water partition coefficient (Wildman–Crippen LogP) is 2.82. The molecule has 0 aromatic carbocycles. The average molecular weight is 373 g/mol. The summed E-state index contributed by atoms with van der Waals surface area (Å²) in [7, 11) is 3.39. The highest BCUT2D eigenvalue weighted by Crippen LogP contribution is 2.31. The number of nitrogens with zero attached hydrogens (tertiary/aromatic N) is 3. The number of pyridine rings is 3. The van der Waals surface area contributed by atoms with Gasteiger partial charge in [0.2, 0.25) is 5.91 Å². The minimum Gasteiger partial charge on any atom is -0.494 e. The van der Waals surface area contributed by atoms with Crippen molar-refractivity contribution in [3.63, 3.8) is 0 Å². The van der Waals surface area contributed by atoms with Crippen LogP contribution in [0.5, 0.6) is 5.75 Å². The van der Waals surface area contributed by atoms with Gasteiger partial charge in [0.05, 0.1) is 24.4 Å². The number of ether oxygens (including phenoxy) is 1. The van der Waals surface area contributed by atoms with Crippen LogP contribution in [0.25, 0.3) is 10.8 Å². The van der Waals surface area contributed by atoms with Gasteiger partial charge in [-0.1, -0.05) is 11.8 Å². The van der Waals surface area contributed by atoms with E-state index in [-0.39, 0.29) is 11.8 Å². The van der Waals surface area contributed by atoms with Crippen LogP contribution in [-0.2, 0) is 4.79 Å². The van der Waals surface area contributed by atoms with E-state index in [1.165, 1.54) is 0 Å². The second-order valence-electron chi connectivity index (χ2n) is 6.48. The summed E-state index contributed by atoms with van der Waals surface area (Å²) in [6.45, 7) is 0. The lowest BCUT2D eigenvalue weighted by molar-refractivity contribution is -0.117. The normalized spacial score (nSPS) is 12.8. The van der Waals surface area contributed by atoms with Crippen LogP contribution in [0.2, 0.25) is 0 Å². The Morgan fingerprint density at radius 3 is 2.71 bits per heavy atom. The van der Waals surface area contributed by atoms with Crippen molar-refractivity contribution in [2.24, 2.45) is 5.92 Å². The summed E-state index contributed by atoms with van der Waals surface area (Å²) in [4.78, 5) is 24.9. The van der Waals surface area contributed by atoms with Crippen LogP contribution >= 0.6 is 0 Å². The average Bonchev–Trinajstić information content (AvgIpc) is 3.57. The zero-order valence-corrected chi connectivity index (χ0v) is 15.6. The predicted molar refractivity (Wildman–Crippen MR) is 107 cm³/mol. The Bertz CT molecular complexity index is 1110. The zero-order valence-electron chi connectivity index (χ0n) is 15.6. The van der Waals surface area contributed by atoms with Crippen molar-refractivity contribution in [1.29, 1.82) is 0 Å². The molecular formula is C21H19N5O2. The number of hydrogen-bond donors (Lipinski definition) is 2. The Kier molecular flexibility index (Phi) is 4.77. The molecule has 0 radical (unpaired) electrons. The Hall–Kier alpha value is -3.66. The fraction of sp³-hybridized carbons (Fsp3) is 0.238. The molecule has 0 saturated heterocycles. The van der Waals surface area contributed by atoms with Crippen LogP contribution in [0.3, 0.4) is 0 Å². The molecule has 1 aliphatic rings. The van der Waals surface area contributed by atoms with Gasteiger partial charge in [-0.05, 0) is 25.0 Å². The molecule has 7 heteroatoms. The quantitative estimate of drug-likeness (QED) is 0.684. The molecule has 2 N–H and O–H groups in total. The number of amides is 1. The van der Waals surface area contributed by atoms with Gasteiger partial charge in [0, 0.05) is 42.3 Å². The molecule has 3 heterocycles. The van der Waals surface area contributed by atoms with Crippen molar-refractivity contribution in [2.75, 3.05) is 24.8 Å². The maximum atomic E-state index is 12.1. The van der Waals surface area contributed by atoms with Gasteiger partial charge < -0.3 is 15.4 Å². The lowest BCUT2D eigenvalue weighted by Gasteiger charge is -2.09. The number of hydrogen-bond acceptors (Lipinski definition) is 6. The van der Waals surface area contributed by atoms with Crippen molar-refractivity contribution in [3.8, 4) is 17.6 Å². The fourth-order valence-corrected chi connectivity index (χ4v) is 2.86. The van der Waals surface area contributed by atoms with Crippen LogP contribution in [0, 0.1) is 17.8 Å². The first-order valence-corrected chi connectivity index (χ1v) is 8.97. The first-order valence-electron chi connectivity index (χ1n) is 8.97. The van der Waals surface area contributed by atoms with Crippen molar-refractivity contribution >= 4 is 28.3 Å². The van der Waals surface area contributed by atoms with E-state index in [4.69, 9.17) is 4.74 Å².